The fraction of sp³-hybridized carbons (Fsp3) is 0.154. The van der Waals surface area contributed by atoms with Crippen molar-refractivity contribution in [2.75, 3.05) is 13.1 Å². The lowest BCUT2D eigenvalue weighted by molar-refractivity contribution is 0.0939. The highest BCUT2D eigenvalue weighted by molar-refractivity contribution is 7.89. The number of nitrogens with zero attached hydrogens (tertiary/aromatic N) is 2. The van der Waals surface area contributed by atoms with Gasteiger partial charge < -0.3 is 5.32 Å². The third-order valence-corrected chi connectivity index (χ3v) is 8.15. The van der Waals surface area contributed by atoms with Gasteiger partial charge in [0.1, 0.15) is 0 Å². The first-order valence-corrected chi connectivity index (χ1v) is 12.7. The van der Waals surface area contributed by atoms with Gasteiger partial charge >= 0.3 is 0 Å². The molecule has 0 bridgehead atoms. The zero-order valence-corrected chi connectivity index (χ0v) is 21.0. The van der Waals surface area contributed by atoms with Crippen LogP contribution in [0.1, 0.15) is 16.8 Å². The lowest BCUT2D eigenvalue weighted by Gasteiger charge is -2.18. The predicted molar refractivity (Wildman–Crippen MR) is 141 cm³/mol. The number of carbonyl (C=O) groups excluding carboxylic acids is 1. The second-order valence-corrected chi connectivity index (χ2v) is 10.7. The fourth-order valence-electron chi connectivity index (χ4n) is 4.20. The molecule has 0 aliphatic carbocycles. The Labute approximate surface area is 215 Å². The summed E-state index contributed by atoms with van der Waals surface area (Å²) in [5.41, 5.74) is 2.55. The first-order valence-electron chi connectivity index (χ1n) is 10.9. The number of amides is 1. The highest BCUT2D eigenvalue weighted by Gasteiger charge is 2.33. The summed E-state index contributed by atoms with van der Waals surface area (Å²) >= 11 is 6.03. The summed E-state index contributed by atoms with van der Waals surface area (Å²) in [4.78, 5) is 17.0. The number of nitrogens with one attached hydrogen (secondary N) is 1. The minimum Gasteiger partial charge on any atom is -0.348 e. The van der Waals surface area contributed by atoms with Crippen molar-refractivity contribution in [1.82, 2.24) is 14.6 Å². The first kappa shape index (κ1) is 25.1. The van der Waals surface area contributed by atoms with Crippen LogP contribution in [0.25, 0.3) is 21.9 Å². The molecule has 5 rings (SSSR count). The molecule has 0 spiro atoms. The van der Waals surface area contributed by atoms with E-state index in [9.17, 15) is 13.2 Å². The van der Waals surface area contributed by atoms with Crippen molar-refractivity contribution in [3.05, 3.63) is 95.8 Å². The van der Waals surface area contributed by atoms with Gasteiger partial charge in [0.05, 0.1) is 4.90 Å². The fourth-order valence-corrected chi connectivity index (χ4v) is 5.91. The van der Waals surface area contributed by atoms with Gasteiger partial charge in [-0.25, -0.2) is 8.42 Å². The Morgan fingerprint density at radius 2 is 1.57 bits per heavy atom. The van der Waals surface area contributed by atoms with Crippen LogP contribution < -0.4 is 5.32 Å². The Bertz CT molecular complexity index is 1460. The second kappa shape index (κ2) is 10.3. The van der Waals surface area contributed by atoms with Crippen molar-refractivity contribution in [3.63, 3.8) is 0 Å². The van der Waals surface area contributed by atoms with E-state index in [0.717, 1.165) is 21.9 Å². The summed E-state index contributed by atoms with van der Waals surface area (Å²) in [6.45, 7) is 0.592. The number of carbonyl (C=O) groups is 1. The highest BCUT2D eigenvalue weighted by atomic mass is 35.5. The maximum absolute atomic E-state index is 13.2. The van der Waals surface area contributed by atoms with E-state index in [4.69, 9.17) is 11.6 Å². The van der Waals surface area contributed by atoms with E-state index >= 15 is 0 Å². The molecule has 6 nitrogen and oxygen atoms in total. The number of pyridine rings is 1. The van der Waals surface area contributed by atoms with Crippen molar-refractivity contribution in [2.24, 2.45) is 0 Å². The molecule has 0 radical (unpaired) electrons. The maximum atomic E-state index is 13.2. The van der Waals surface area contributed by atoms with Crippen LogP contribution in [0.3, 0.4) is 0 Å². The number of aromatic nitrogens is 1. The largest absolute Gasteiger partial charge is 0.348 e. The van der Waals surface area contributed by atoms with E-state index in [1.165, 1.54) is 4.31 Å². The zero-order chi connectivity index (χ0) is 23.7. The van der Waals surface area contributed by atoms with Gasteiger partial charge in [-0.05, 0) is 76.9 Å². The van der Waals surface area contributed by atoms with Gasteiger partial charge in [-0.15, -0.1) is 12.4 Å². The molecular weight excluding hydrogens is 505 g/mol. The Morgan fingerprint density at radius 3 is 2.31 bits per heavy atom. The van der Waals surface area contributed by atoms with Gasteiger partial charge in [-0.3, -0.25) is 9.78 Å². The van der Waals surface area contributed by atoms with Crippen molar-refractivity contribution in [3.8, 4) is 11.1 Å². The summed E-state index contributed by atoms with van der Waals surface area (Å²) in [6.07, 6.45) is 4.01. The Kier molecular flexibility index (Phi) is 7.42. The van der Waals surface area contributed by atoms with Gasteiger partial charge in [0.25, 0.3) is 5.91 Å². The summed E-state index contributed by atoms with van der Waals surface area (Å²) < 4.78 is 27.8. The van der Waals surface area contributed by atoms with Crippen LogP contribution in [-0.2, 0) is 10.0 Å². The van der Waals surface area contributed by atoms with Crippen LogP contribution in [0.15, 0.2) is 90.1 Å². The van der Waals surface area contributed by atoms with Crippen LogP contribution in [0, 0.1) is 0 Å². The summed E-state index contributed by atoms with van der Waals surface area (Å²) in [6, 6.07) is 21.3. The van der Waals surface area contributed by atoms with Crippen LogP contribution in [0.2, 0.25) is 5.02 Å². The Balaban J connectivity index is 0.00000289. The number of fused-ring (bicyclic) bond motifs is 1. The van der Waals surface area contributed by atoms with E-state index in [1.54, 1.807) is 54.9 Å². The van der Waals surface area contributed by atoms with Crippen molar-refractivity contribution in [1.29, 1.82) is 0 Å². The molecule has 4 aromatic rings. The van der Waals surface area contributed by atoms with E-state index in [-0.39, 0.29) is 35.8 Å². The van der Waals surface area contributed by atoms with Gasteiger partial charge in [-0.1, -0.05) is 35.9 Å². The monoisotopic (exact) mass is 527 g/mol. The molecule has 35 heavy (non-hydrogen) atoms. The molecule has 180 valence electrons. The quantitative estimate of drug-likeness (QED) is 0.388. The lowest BCUT2D eigenvalue weighted by atomic mass is 10.0. The molecule has 1 atom stereocenters. The van der Waals surface area contributed by atoms with Gasteiger partial charge in [0.15, 0.2) is 0 Å². The smallest absolute Gasteiger partial charge is 0.251 e. The summed E-state index contributed by atoms with van der Waals surface area (Å²) in [5.74, 6) is -0.215. The first-order chi connectivity index (χ1) is 16.4. The number of rotatable bonds is 5. The normalized spacial score (nSPS) is 16.1. The molecule has 1 aliphatic heterocycles. The molecule has 9 heteroatoms. The lowest BCUT2D eigenvalue weighted by Crippen LogP contribution is -2.38. The van der Waals surface area contributed by atoms with E-state index < -0.39 is 10.0 Å². The van der Waals surface area contributed by atoms with Crippen molar-refractivity contribution < 1.29 is 13.2 Å². The number of hydrogen-bond donors (Lipinski definition) is 1. The highest BCUT2D eigenvalue weighted by Crippen LogP contribution is 2.26. The molecule has 1 amide bonds. The van der Waals surface area contributed by atoms with Gasteiger partial charge in [0, 0.05) is 42.1 Å². The van der Waals surface area contributed by atoms with Gasteiger partial charge in [0.2, 0.25) is 10.0 Å². The third-order valence-electron chi connectivity index (χ3n) is 6.06. The molecule has 0 saturated carbocycles. The topological polar surface area (TPSA) is 79.4 Å². The standard InChI is InChI=1S/C26H22ClN3O3S.ClH/c27-23-7-5-22-16-25(8-6-21(22)15-23)34(32,33)30-14-11-24(17-30)29-26(31)20-3-1-18(2-4-20)19-9-12-28-13-10-19;/h1-10,12-13,15-16,24H,11,14,17H2,(H,29,31);1H/t24-;/m0./s1. The maximum Gasteiger partial charge on any atom is 0.251 e. The van der Waals surface area contributed by atoms with Crippen LogP contribution in [0.4, 0.5) is 0 Å². The van der Waals surface area contributed by atoms with Crippen molar-refractivity contribution in [2.45, 2.75) is 17.4 Å². The predicted octanol–water partition coefficient (Wildman–Crippen LogP) is 5.17. The molecule has 3 aromatic carbocycles. The number of sulfonamides is 1. The molecule has 1 fully saturated rings. The average molecular weight is 528 g/mol. The average Bonchev–Trinajstić information content (AvgIpc) is 3.33. The Hall–Kier alpha value is -2.97. The number of benzene rings is 3. The van der Waals surface area contributed by atoms with Crippen LogP contribution in [0.5, 0.6) is 0 Å². The number of hydrogen-bond acceptors (Lipinski definition) is 4. The molecule has 1 aromatic heterocycles. The number of halogens is 2. The van der Waals surface area contributed by atoms with E-state index in [2.05, 4.69) is 10.3 Å². The molecule has 1 N–H and O–H groups in total. The van der Waals surface area contributed by atoms with Crippen LogP contribution in [-0.4, -0.2) is 42.7 Å². The zero-order valence-electron chi connectivity index (χ0n) is 18.6. The second-order valence-electron chi connectivity index (χ2n) is 8.29. The van der Waals surface area contributed by atoms with E-state index in [1.807, 2.05) is 30.3 Å². The molecular formula is C26H23Cl2N3O3S. The summed E-state index contributed by atoms with van der Waals surface area (Å²) in [7, 11) is -3.67. The minimum absolute atomic E-state index is 0. The van der Waals surface area contributed by atoms with Gasteiger partial charge in [-0.2, -0.15) is 4.31 Å². The summed E-state index contributed by atoms with van der Waals surface area (Å²) in [5, 5.41) is 5.27. The Morgan fingerprint density at radius 1 is 0.914 bits per heavy atom. The van der Waals surface area contributed by atoms with E-state index in [0.29, 0.717) is 23.6 Å². The SMILES string of the molecule is Cl.O=C(N[C@H]1CCN(S(=O)(=O)c2ccc3cc(Cl)ccc3c2)C1)c1ccc(-c2ccncc2)cc1. The van der Waals surface area contributed by atoms with Crippen molar-refractivity contribution >= 4 is 50.7 Å². The molecule has 1 aliphatic rings. The molecule has 0 unspecified atom stereocenters. The minimum atomic E-state index is -3.67. The molecule has 1 saturated heterocycles. The third kappa shape index (κ3) is 5.33. The van der Waals surface area contributed by atoms with Crippen LogP contribution >= 0.6 is 24.0 Å². The molecule has 2 heterocycles.